The average molecular weight is 295 g/mol. The third-order valence-corrected chi connectivity index (χ3v) is 3.58. The van der Waals surface area contributed by atoms with E-state index in [-0.39, 0.29) is 6.10 Å². The monoisotopic (exact) mass is 295 g/mol. The van der Waals surface area contributed by atoms with Crippen LogP contribution in [0.4, 0.5) is 0 Å². The molecule has 0 aliphatic heterocycles. The number of aryl methyl sites for hydroxylation is 1. The van der Waals surface area contributed by atoms with Gasteiger partial charge in [0.2, 0.25) is 0 Å². The van der Waals surface area contributed by atoms with E-state index in [0.717, 1.165) is 11.4 Å². The van der Waals surface area contributed by atoms with Crippen molar-refractivity contribution in [3.63, 3.8) is 0 Å². The molecule has 0 aliphatic carbocycles. The van der Waals surface area contributed by atoms with Gasteiger partial charge in [0.25, 0.3) is 0 Å². The number of rotatable bonds is 6. The highest BCUT2D eigenvalue weighted by Gasteiger charge is 2.20. The maximum atomic E-state index is 9.03. The van der Waals surface area contributed by atoms with Gasteiger partial charge in [-0.25, -0.2) is 4.98 Å². The van der Waals surface area contributed by atoms with Crippen molar-refractivity contribution in [2.75, 3.05) is 0 Å². The molecule has 114 valence electrons. The van der Waals surface area contributed by atoms with Gasteiger partial charge in [-0.1, -0.05) is 44.2 Å². The molecule has 0 amide bonds. The highest BCUT2D eigenvalue weighted by Crippen LogP contribution is 2.22. The number of hydrogen-bond acceptors (Lipinski definition) is 3. The van der Waals surface area contributed by atoms with Gasteiger partial charge in [0.1, 0.15) is 17.7 Å². The third-order valence-electron chi connectivity index (χ3n) is 3.58. The van der Waals surface area contributed by atoms with Gasteiger partial charge < -0.3 is 9.30 Å². The summed E-state index contributed by atoms with van der Waals surface area (Å²) < 4.78 is 8.15. The molecule has 0 fully saturated rings. The molecule has 0 N–H and O–H groups in total. The van der Waals surface area contributed by atoms with Crippen LogP contribution < -0.4 is 0 Å². The van der Waals surface area contributed by atoms with Crippen LogP contribution in [0.15, 0.2) is 48.8 Å². The van der Waals surface area contributed by atoms with Gasteiger partial charge >= 0.3 is 0 Å². The minimum Gasteiger partial charge on any atom is -0.488 e. The number of aromatic nitrogens is 2. The molecule has 0 saturated heterocycles. The second kappa shape index (κ2) is 7.46. The summed E-state index contributed by atoms with van der Waals surface area (Å²) in [6, 6.07) is 11.8. The second-order valence-electron chi connectivity index (χ2n) is 5.56. The van der Waals surface area contributed by atoms with Gasteiger partial charge in [-0.05, 0) is 5.92 Å². The summed E-state index contributed by atoms with van der Waals surface area (Å²) in [5.74, 6) is 1.89. The first-order valence-corrected chi connectivity index (χ1v) is 7.40. The van der Waals surface area contributed by atoms with E-state index in [1.165, 1.54) is 6.08 Å². The standard InChI is InChI=1S/C18H21N3O/c1-14(2)17(13-18-20-11-12-21(18)3)22-16(9-10-19)15-7-5-4-6-8-15/h4-9,11-12,14,17H,13H2,1-3H3/b16-9-. The Bertz CT molecular complexity index is 665. The molecule has 0 saturated carbocycles. The van der Waals surface area contributed by atoms with Crippen molar-refractivity contribution < 1.29 is 4.74 Å². The fourth-order valence-electron chi connectivity index (χ4n) is 2.20. The third kappa shape index (κ3) is 3.98. The summed E-state index contributed by atoms with van der Waals surface area (Å²) >= 11 is 0. The Morgan fingerprint density at radius 3 is 2.64 bits per heavy atom. The lowest BCUT2D eigenvalue weighted by atomic mass is 10.0. The molecule has 0 aliphatic rings. The zero-order valence-corrected chi connectivity index (χ0v) is 13.2. The molecule has 1 unspecified atom stereocenters. The quantitative estimate of drug-likeness (QED) is 0.604. The SMILES string of the molecule is CC(C)C(Cc1nccn1C)O/C(=C\C#N)c1ccccc1. The summed E-state index contributed by atoms with van der Waals surface area (Å²) in [5, 5.41) is 9.03. The number of imidazole rings is 1. The van der Waals surface area contributed by atoms with E-state index >= 15 is 0 Å². The Balaban J connectivity index is 2.20. The average Bonchev–Trinajstić information content (AvgIpc) is 2.92. The van der Waals surface area contributed by atoms with Crippen LogP contribution in [-0.2, 0) is 18.2 Å². The van der Waals surface area contributed by atoms with E-state index in [0.29, 0.717) is 18.1 Å². The number of ether oxygens (including phenoxy) is 1. The molecule has 4 nitrogen and oxygen atoms in total. The van der Waals surface area contributed by atoms with Crippen molar-refractivity contribution in [3.05, 3.63) is 60.2 Å². The Labute approximate surface area is 131 Å². The van der Waals surface area contributed by atoms with Crippen LogP contribution in [0.5, 0.6) is 0 Å². The molecule has 2 aromatic rings. The lowest BCUT2D eigenvalue weighted by Gasteiger charge is -2.24. The fourth-order valence-corrected chi connectivity index (χ4v) is 2.20. The zero-order valence-electron chi connectivity index (χ0n) is 13.2. The molecule has 1 heterocycles. The maximum Gasteiger partial charge on any atom is 0.137 e. The summed E-state index contributed by atoms with van der Waals surface area (Å²) in [6.07, 6.45) is 5.84. The minimum absolute atomic E-state index is 0.0408. The predicted molar refractivity (Wildman–Crippen MR) is 86.7 cm³/mol. The number of benzene rings is 1. The van der Waals surface area contributed by atoms with Gasteiger partial charge in [0.15, 0.2) is 0 Å². The number of nitriles is 1. The second-order valence-corrected chi connectivity index (χ2v) is 5.56. The molecular formula is C18H21N3O. The largest absolute Gasteiger partial charge is 0.488 e. The smallest absolute Gasteiger partial charge is 0.137 e. The van der Waals surface area contributed by atoms with E-state index in [1.54, 1.807) is 6.20 Å². The van der Waals surface area contributed by atoms with Crippen LogP contribution in [0.25, 0.3) is 5.76 Å². The molecule has 2 rings (SSSR count). The molecule has 0 spiro atoms. The van der Waals surface area contributed by atoms with Gasteiger partial charge in [-0.15, -0.1) is 0 Å². The molecule has 0 bridgehead atoms. The Kier molecular flexibility index (Phi) is 5.37. The van der Waals surface area contributed by atoms with E-state index in [9.17, 15) is 0 Å². The molecule has 22 heavy (non-hydrogen) atoms. The first-order valence-electron chi connectivity index (χ1n) is 7.40. The first kappa shape index (κ1) is 15.8. The first-order chi connectivity index (χ1) is 10.6. The van der Waals surface area contributed by atoms with Gasteiger partial charge in [-0.3, -0.25) is 0 Å². The highest BCUT2D eigenvalue weighted by molar-refractivity contribution is 5.62. The summed E-state index contributed by atoms with van der Waals surface area (Å²) in [5.41, 5.74) is 0.912. The summed E-state index contributed by atoms with van der Waals surface area (Å²) in [4.78, 5) is 4.36. The maximum absolute atomic E-state index is 9.03. The molecule has 1 atom stereocenters. The van der Waals surface area contributed by atoms with Crippen molar-refractivity contribution in [2.45, 2.75) is 26.4 Å². The summed E-state index contributed by atoms with van der Waals surface area (Å²) in [6.45, 7) is 4.23. The van der Waals surface area contributed by atoms with E-state index in [1.807, 2.05) is 48.1 Å². The zero-order chi connectivity index (χ0) is 15.9. The molecule has 1 aromatic carbocycles. The van der Waals surface area contributed by atoms with Gasteiger partial charge in [0, 0.05) is 31.4 Å². The van der Waals surface area contributed by atoms with Crippen LogP contribution in [0.1, 0.15) is 25.2 Å². The van der Waals surface area contributed by atoms with E-state index in [2.05, 4.69) is 24.9 Å². The normalized spacial score (nSPS) is 13.0. The summed E-state index contributed by atoms with van der Waals surface area (Å²) in [7, 11) is 1.98. The Hall–Kier alpha value is -2.54. The highest BCUT2D eigenvalue weighted by atomic mass is 16.5. The Morgan fingerprint density at radius 1 is 1.36 bits per heavy atom. The van der Waals surface area contributed by atoms with Crippen LogP contribution in [0, 0.1) is 17.2 Å². The van der Waals surface area contributed by atoms with Crippen molar-refractivity contribution in [2.24, 2.45) is 13.0 Å². The number of hydrogen-bond donors (Lipinski definition) is 0. The lowest BCUT2D eigenvalue weighted by molar-refractivity contribution is 0.118. The minimum atomic E-state index is -0.0408. The number of nitrogens with zero attached hydrogens (tertiary/aromatic N) is 3. The van der Waals surface area contributed by atoms with Crippen LogP contribution >= 0.6 is 0 Å². The van der Waals surface area contributed by atoms with Crippen molar-refractivity contribution in [1.29, 1.82) is 5.26 Å². The lowest BCUT2D eigenvalue weighted by Crippen LogP contribution is -2.23. The molecule has 1 aromatic heterocycles. The van der Waals surface area contributed by atoms with E-state index in [4.69, 9.17) is 10.00 Å². The topological polar surface area (TPSA) is 50.8 Å². The predicted octanol–water partition coefficient (Wildman–Crippen LogP) is 3.57. The molecule has 4 heteroatoms. The van der Waals surface area contributed by atoms with Crippen LogP contribution in [0.2, 0.25) is 0 Å². The van der Waals surface area contributed by atoms with Gasteiger partial charge in [0.05, 0.1) is 12.1 Å². The van der Waals surface area contributed by atoms with Crippen molar-refractivity contribution in [3.8, 4) is 6.07 Å². The van der Waals surface area contributed by atoms with Crippen molar-refractivity contribution >= 4 is 5.76 Å². The number of allylic oxidation sites excluding steroid dienone is 1. The van der Waals surface area contributed by atoms with E-state index < -0.39 is 0 Å². The molecular weight excluding hydrogens is 274 g/mol. The van der Waals surface area contributed by atoms with Crippen molar-refractivity contribution in [1.82, 2.24) is 9.55 Å². The van der Waals surface area contributed by atoms with Crippen LogP contribution in [-0.4, -0.2) is 15.7 Å². The van der Waals surface area contributed by atoms with Crippen LogP contribution in [0.3, 0.4) is 0 Å². The van der Waals surface area contributed by atoms with Gasteiger partial charge in [-0.2, -0.15) is 5.26 Å². The fraction of sp³-hybridized carbons (Fsp3) is 0.333. The Morgan fingerprint density at radius 2 is 2.09 bits per heavy atom. The molecule has 0 radical (unpaired) electrons.